The predicted octanol–water partition coefficient (Wildman–Crippen LogP) is 2.43. The second kappa shape index (κ2) is 3.84. The number of nitrogens with zero attached hydrogens (tertiary/aromatic N) is 2. The van der Waals surface area contributed by atoms with E-state index in [1.54, 1.807) is 13.1 Å². The Balaban J connectivity index is 1.75. The number of aromatic nitrogens is 2. The van der Waals surface area contributed by atoms with Gasteiger partial charge >= 0.3 is 0 Å². The van der Waals surface area contributed by atoms with Gasteiger partial charge in [0.2, 0.25) is 0 Å². The van der Waals surface area contributed by atoms with Crippen LogP contribution in [-0.2, 0) is 13.0 Å². The zero-order valence-electron chi connectivity index (χ0n) is 9.76. The van der Waals surface area contributed by atoms with Gasteiger partial charge in [-0.05, 0) is 24.5 Å². The molecule has 3 nitrogen and oxygen atoms in total. The molecular formula is C14H14N2O. The summed E-state index contributed by atoms with van der Waals surface area (Å²) in [7, 11) is 0. The lowest BCUT2D eigenvalue weighted by Gasteiger charge is -2.29. The minimum absolute atomic E-state index is 0.0743. The van der Waals surface area contributed by atoms with Gasteiger partial charge in [-0.25, -0.2) is 0 Å². The SMILES string of the molecule is CC(=O)c1cnn(CC2Cc3ccccc32)c1. The third-order valence-electron chi connectivity index (χ3n) is 3.41. The topological polar surface area (TPSA) is 34.9 Å². The minimum atomic E-state index is 0.0743. The smallest absolute Gasteiger partial charge is 0.162 e. The Morgan fingerprint density at radius 3 is 3.00 bits per heavy atom. The number of carbonyl (C=O) groups is 1. The second-order valence-corrected chi connectivity index (χ2v) is 4.61. The van der Waals surface area contributed by atoms with Crippen LogP contribution >= 0.6 is 0 Å². The van der Waals surface area contributed by atoms with Crippen molar-refractivity contribution in [3.63, 3.8) is 0 Å². The van der Waals surface area contributed by atoms with E-state index in [0.29, 0.717) is 11.5 Å². The number of Topliss-reactive ketones (excluding diaryl/α,β-unsaturated/α-hetero) is 1. The summed E-state index contributed by atoms with van der Waals surface area (Å²) < 4.78 is 1.87. The fourth-order valence-electron chi connectivity index (χ4n) is 2.40. The average Bonchev–Trinajstić information content (AvgIpc) is 2.75. The third kappa shape index (κ3) is 1.78. The first-order chi connectivity index (χ1) is 8.24. The number of ketones is 1. The van der Waals surface area contributed by atoms with Crippen molar-refractivity contribution < 1.29 is 4.79 Å². The highest BCUT2D eigenvalue weighted by atomic mass is 16.1. The van der Waals surface area contributed by atoms with Gasteiger partial charge in [-0.1, -0.05) is 24.3 Å². The lowest BCUT2D eigenvalue weighted by Crippen LogP contribution is -2.22. The summed E-state index contributed by atoms with van der Waals surface area (Å²) in [6, 6.07) is 8.51. The fraction of sp³-hybridized carbons (Fsp3) is 0.286. The van der Waals surface area contributed by atoms with E-state index < -0.39 is 0 Å². The van der Waals surface area contributed by atoms with Crippen molar-refractivity contribution in [1.82, 2.24) is 9.78 Å². The maximum absolute atomic E-state index is 11.2. The van der Waals surface area contributed by atoms with E-state index in [4.69, 9.17) is 0 Å². The zero-order valence-corrected chi connectivity index (χ0v) is 9.76. The van der Waals surface area contributed by atoms with Gasteiger partial charge < -0.3 is 0 Å². The molecule has 3 heteroatoms. The van der Waals surface area contributed by atoms with Gasteiger partial charge in [0.15, 0.2) is 5.78 Å². The number of carbonyl (C=O) groups excluding carboxylic acids is 1. The molecule has 17 heavy (non-hydrogen) atoms. The predicted molar refractivity (Wildman–Crippen MR) is 65.1 cm³/mol. The van der Waals surface area contributed by atoms with E-state index >= 15 is 0 Å². The van der Waals surface area contributed by atoms with Gasteiger partial charge in [-0.2, -0.15) is 5.10 Å². The van der Waals surface area contributed by atoms with Gasteiger partial charge in [0, 0.05) is 18.7 Å². The molecule has 2 aromatic rings. The van der Waals surface area contributed by atoms with Crippen molar-refractivity contribution in [2.45, 2.75) is 25.8 Å². The first-order valence-electron chi connectivity index (χ1n) is 5.85. The number of benzene rings is 1. The third-order valence-corrected chi connectivity index (χ3v) is 3.41. The van der Waals surface area contributed by atoms with E-state index in [1.807, 2.05) is 10.9 Å². The van der Waals surface area contributed by atoms with Crippen LogP contribution in [0, 0.1) is 0 Å². The summed E-state index contributed by atoms with van der Waals surface area (Å²) >= 11 is 0. The van der Waals surface area contributed by atoms with E-state index in [-0.39, 0.29) is 5.78 Å². The van der Waals surface area contributed by atoms with Crippen molar-refractivity contribution in [2.24, 2.45) is 0 Å². The number of rotatable bonds is 3. The first-order valence-corrected chi connectivity index (χ1v) is 5.85. The Bertz CT molecular complexity index is 571. The molecule has 1 aliphatic rings. The molecule has 0 bridgehead atoms. The summed E-state index contributed by atoms with van der Waals surface area (Å²) in [6.45, 7) is 2.43. The van der Waals surface area contributed by atoms with Crippen LogP contribution in [0.3, 0.4) is 0 Å². The Morgan fingerprint density at radius 2 is 2.29 bits per heavy atom. The van der Waals surface area contributed by atoms with Gasteiger partial charge in [-0.3, -0.25) is 9.48 Å². The molecule has 1 atom stereocenters. The lowest BCUT2D eigenvalue weighted by molar-refractivity contribution is 0.101. The zero-order chi connectivity index (χ0) is 11.8. The van der Waals surface area contributed by atoms with E-state index in [1.165, 1.54) is 11.1 Å². The molecule has 1 unspecified atom stereocenters. The molecule has 1 aromatic carbocycles. The first kappa shape index (κ1) is 10.3. The standard InChI is InChI=1S/C14H14N2O/c1-10(17)13-7-15-16(9-13)8-12-6-11-4-2-3-5-14(11)12/h2-5,7,9,12H,6,8H2,1H3. The molecule has 3 rings (SSSR count). The summed E-state index contributed by atoms with van der Waals surface area (Å²) in [6.07, 6.45) is 4.60. The van der Waals surface area contributed by atoms with E-state index in [9.17, 15) is 4.79 Å². The molecule has 0 spiro atoms. The van der Waals surface area contributed by atoms with Crippen LogP contribution in [0.4, 0.5) is 0 Å². The number of hydrogen-bond donors (Lipinski definition) is 0. The van der Waals surface area contributed by atoms with Gasteiger partial charge in [0.1, 0.15) is 0 Å². The van der Waals surface area contributed by atoms with Crippen LogP contribution in [0.15, 0.2) is 36.7 Å². The summed E-state index contributed by atoms with van der Waals surface area (Å²) in [5.74, 6) is 0.621. The molecule has 1 aliphatic carbocycles. The highest BCUT2D eigenvalue weighted by Crippen LogP contribution is 2.35. The molecule has 1 heterocycles. The maximum atomic E-state index is 11.2. The van der Waals surface area contributed by atoms with Crippen molar-refractivity contribution in [2.75, 3.05) is 0 Å². The highest BCUT2D eigenvalue weighted by Gasteiger charge is 2.25. The average molecular weight is 226 g/mol. The summed E-state index contributed by atoms with van der Waals surface area (Å²) in [4.78, 5) is 11.2. The fourth-order valence-corrected chi connectivity index (χ4v) is 2.40. The van der Waals surface area contributed by atoms with Crippen molar-refractivity contribution >= 4 is 5.78 Å². The maximum Gasteiger partial charge on any atom is 0.162 e. The molecule has 1 aromatic heterocycles. The molecule has 0 saturated heterocycles. The number of fused-ring (bicyclic) bond motifs is 1. The van der Waals surface area contributed by atoms with E-state index in [2.05, 4.69) is 29.4 Å². The Hall–Kier alpha value is -1.90. The largest absolute Gasteiger partial charge is 0.294 e. The van der Waals surface area contributed by atoms with Crippen LogP contribution in [-0.4, -0.2) is 15.6 Å². The molecule has 0 N–H and O–H groups in total. The Kier molecular flexibility index (Phi) is 2.32. The lowest BCUT2D eigenvalue weighted by atomic mass is 9.78. The second-order valence-electron chi connectivity index (χ2n) is 4.61. The highest BCUT2D eigenvalue weighted by molar-refractivity contribution is 5.93. The van der Waals surface area contributed by atoms with Crippen LogP contribution < -0.4 is 0 Å². The Labute approximate surface area is 100 Å². The van der Waals surface area contributed by atoms with Crippen LogP contribution in [0.5, 0.6) is 0 Å². The monoisotopic (exact) mass is 226 g/mol. The molecule has 0 amide bonds. The van der Waals surface area contributed by atoms with Crippen molar-refractivity contribution in [3.05, 3.63) is 53.3 Å². The quantitative estimate of drug-likeness (QED) is 0.753. The van der Waals surface area contributed by atoms with E-state index in [0.717, 1.165) is 13.0 Å². The van der Waals surface area contributed by atoms with Gasteiger partial charge in [-0.15, -0.1) is 0 Å². The summed E-state index contributed by atoms with van der Waals surface area (Å²) in [5.41, 5.74) is 3.56. The van der Waals surface area contributed by atoms with Gasteiger partial charge in [0.05, 0.1) is 11.8 Å². The van der Waals surface area contributed by atoms with Crippen molar-refractivity contribution in [3.8, 4) is 0 Å². The molecule has 0 fully saturated rings. The minimum Gasteiger partial charge on any atom is -0.294 e. The molecule has 86 valence electrons. The Morgan fingerprint density at radius 1 is 1.47 bits per heavy atom. The normalized spacial score (nSPS) is 17.4. The molecular weight excluding hydrogens is 212 g/mol. The number of hydrogen-bond acceptors (Lipinski definition) is 2. The molecule has 0 saturated carbocycles. The molecule has 0 radical (unpaired) electrons. The van der Waals surface area contributed by atoms with Gasteiger partial charge in [0.25, 0.3) is 0 Å². The summed E-state index contributed by atoms with van der Waals surface area (Å²) in [5, 5.41) is 4.23. The van der Waals surface area contributed by atoms with Crippen LogP contribution in [0.25, 0.3) is 0 Å². The molecule has 0 aliphatic heterocycles. The van der Waals surface area contributed by atoms with Crippen LogP contribution in [0.1, 0.15) is 34.3 Å². The van der Waals surface area contributed by atoms with Crippen LogP contribution in [0.2, 0.25) is 0 Å². The van der Waals surface area contributed by atoms with Crippen molar-refractivity contribution in [1.29, 1.82) is 0 Å².